The standard InChI is InChI=1S/C13H19BrN2O3/c1-17-7-8-18-5-2-6-19-12-4-3-10(13(15)16)9-11(12)14/h3-4,9H,2,5-8H2,1H3,(H3,15,16). The lowest BCUT2D eigenvalue weighted by Gasteiger charge is -2.09. The van der Waals surface area contributed by atoms with Gasteiger partial charge in [-0.05, 0) is 34.1 Å². The first-order chi connectivity index (χ1) is 9.15. The van der Waals surface area contributed by atoms with Crippen LogP contribution in [0, 0.1) is 5.41 Å². The summed E-state index contributed by atoms with van der Waals surface area (Å²) in [6, 6.07) is 5.33. The van der Waals surface area contributed by atoms with E-state index in [1.807, 2.05) is 0 Å². The Labute approximate surface area is 121 Å². The van der Waals surface area contributed by atoms with E-state index in [9.17, 15) is 0 Å². The van der Waals surface area contributed by atoms with Gasteiger partial charge in [-0.1, -0.05) is 0 Å². The second-order valence-corrected chi connectivity index (χ2v) is 4.72. The van der Waals surface area contributed by atoms with Crippen LogP contribution in [0.25, 0.3) is 0 Å². The number of hydrogen-bond donors (Lipinski definition) is 2. The Hall–Kier alpha value is -1.11. The van der Waals surface area contributed by atoms with Gasteiger partial charge in [0, 0.05) is 25.7 Å². The maximum atomic E-state index is 7.34. The van der Waals surface area contributed by atoms with E-state index in [0.29, 0.717) is 32.0 Å². The van der Waals surface area contributed by atoms with Crippen molar-refractivity contribution in [3.8, 4) is 5.75 Å². The molecule has 3 N–H and O–H groups in total. The number of ether oxygens (including phenoxy) is 3. The fourth-order valence-corrected chi connectivity index (χ4v) is 1.87. The zero-order valence-electron chi connectivity index (χ0n) is 10.9. The van der Waals surface area contributed by atoms with Gasteiger partial charge in [0.15, 0.2) is 0 Å². The minimum absolute atomic E-state index is 0.0405. The lowest BCUT2D eigenvalue weighted by molar-refractivity contribution is 0.0644. The molecule has 0 saturated carbocycles. The molecule has 0 amide bonds. The second-order valence-electron chi connectivity index (χ2n) is 3.87. The van der Waals surface area contributed by atoms with Gasteiger partial charge in [-0.2, -0.15) is 0 Å². The van der Waals surface area contributed by atoms with Crippen LogP contribution < -0.4 is 10.5 Å². The Morgan fingerprint density at radius 1 is 1.26 bits per heavy atom. The molecule has 0 aliphatic rings. The van der Waals surface area contributed by atoms with Crippen molar-refractivity contribution in [3.63, 3.8) is 0 Å². The van der Waals surface area contributed by atoms with Crippen LogP contribution in [0.2, 0.25) is 0 Å². The lowest BCUT2D eigenvalue weighted by atomic mass is 10.2. The summed E-state index contributed by atoms with van der Waals surface area (Å²) >= 11 is 3.39. The maximum Gasteiger partial charge on any atom is 0.133 e. The van der Waals surface area contributed by atoms with Crippen molar-refractivity contribution >= 4 is 21.8 Å². The highest BCUT2D eigenvalue weighted by molar-refractivity contribution is 9.10. The number of nitrogens with two attached hydrogens (primary N) is 1. The van der Waals surface area contributed by atoms with Gasteiger partial charge in [-0.3, -0.25) is 5.41 Å². The molecule has 0 aromatic heterocycles. The van der Waals surface area contributed by atoms with Crippen LogP contribution >= 0.6 is 15.9 Å². The van der Waals surface area contributed by atoms with Crippen molar-refractivity contribution in [1.29, 1.82) is 5.41 Å². The quantitative estimate of drug-likeness (QED) is 0.413. The Balaban J connectivity index is 2.28. The molecule has 1 rings (SSSR count). The van der Waals surface area contributed by atoms with Crippen LogP contribution in [-0.4, -0.2) is 39.4 Å². The van der Waals surface area contributed by atoms with Gasteiger partial charge in [-0.25, -0.2) is 0 Å². The van der Waals surface area contributed by atoms with E-state index in [-0.39, 0.29) is 5.84 Å². The second kappa shape index (κ2) is 8.90. The molecule has 106 valence electrons. The van der Waals surface area contributed by atoms with Crippen LogP contribution in [0.4, 0.5) is 0 Å². The predicted octanol–water partition coefficient (Wildman–Crippen LogP) is 2.17. The average molecular weight is 331 g/mol. The summed E-state index contributed by atoms with van der Waals surface area (Å²) in [5, 5.41) is 7.34. The Kier molecular flexibility index (Phi) is 7.47. The molecule has 0 atom stereocenters. The number of benzene rings is 1. The number of nitrogen functional groups attached to an aromatic ring is 1. The topological polar surface area (TPSA) is 77.6 Å². The minimum Gasteiger partial charge on any atom is -0.492 e. The number of amidine groups is 1. The van der Waals surface area contributed by atoms with E-state index in [0.717, 1.165) is 16.6 Å². The molecule has 0 aliphatic heterocycles. The monoisotopic (exact) mass is 330 g/mol. The highest BCUT2D eigenvalue weighted by atomic mass is 79.9. The third-order valence-corrected chi connectivity index (χ3v) is 2.98. The summed E-state index contributed by atoms with van der Waals surface area (Å²) in [5.74, 6) is 0.778. The van der Waals surface area contributed by atoms with E-state index in [1.165, 1.54) is 0 Å². The molecule has 5 nitrogen and oxygen atoms in total. The molecule has 0 aliphatic carbocycles. The fourth-order valence-electron chi connectivity index (χ4n) is 1.37. The molecule has 0 spiro atoms. The van der Waals surface area contributed by atoms with Gasteiger partial charge < -0.3 is 19.9 Å². The normalized spacial score (nSPS) is 10.4. The van der Waals surface area contributed by atoms with Crippen LogP contribution in [0.3, 0.4) is 0 Å². The summed E-state index contributed by atoms with van der Waals surface area (Å²) in [5.41, 5.74) is 6.08. The summed E-state index contributed by atoms with van der Waals surface area (Å²) in [6.45, 7) is 2.43. The molecule has 19 heavy (non-hydrogen) atoms. The fraction of sp³-hybridized carbons (Fsp3) is 0.462. The third kappa shape index (κ3) is 6.04. The summed E-state index contributed by atoms with van der Waals surface area (Å²) in [6.07, 6.45) is 0.810. The molecule has 1 aromatic rings. The number of methoxy groups -OCH3 is 1. The molecule has 0 bridgehead atoms. The zero-order chi connectivity index (χ0) is 14.1. The van der Waals surface area contributed by atoms with E-state index in [2.05, 4.69) is 15.9 Å². The van der Waals surface area contributed by atoms with Crippen molar-refractivity contribution in [2.24, 2.45) is 5.73 Å². The van der Waals surface area contributed by atoms with Crippen molar-refractivity contribution in [2.45, 2.75) is 6.42 Å². The number of halogens is 1. The van der Waals surface area contributed by atoms with E-state index in [1.54, 1.807) is 25.3 Å². The smallest absolute Gasteiger partial charge is 0.133 e. The average Bonchev–Trinajstić information content (AvgIpc) is 2.39. The highest BCUT2D eigenvalue weighted by Crippen LogP contribution is 2.25. The molecule has 0 heterocycles. The molecular weight excluding hydrogens is 312 g/mol. The molecule has 0 unspecified atom stereocenters. The summed E-state index contributed by atoms with van der Waals surface area (Å²) in [7, 11) is 1.65. The van der Waals surface area contributed by atoms with Gasteiger partial charge in [0.1, 0.15) is 11.6 Å². The van der Waals surface area contributed by atoms with Gasteiger partial charge in [0.2, 0.25) is 0 Å². The van der Waals surface area contributed by atoms with Crippen molar-refractivity contribution in [2.75, 3.05) is 33.5 Å². The van der Waals surface area contributed by atoms with E-state index < -0.39 is 0 Å². The first-order valence-corrected chi connectivity index (χ1v) is 6.78. The van der Waals surface area contributed by atoms with Gasteiger partial charge >= 0.3 is 0 Å². The highest BCUT2D eigenvalue weighted by Gasteiger charge is 2.04. The number of nitrogens with one attached hydrogen (secondary N) is 1. The molecule has 0 fully saturated rings. The SMILES string of the molecule is COCCOCCCOc1ccc(C(=N)N)cc1Br. The Bertz CT molecular complexity index is 413. The molecule has 0 saturated heterocycles. The van der Waals surface area contributed by atoms with Crippen LogP contribution in [0.1, 0.15) is 12.0 Å². The zero-order valence-corrected chi connectivity index (χ0v) is 12.5. The minimum atomic E-state index is 0.0405. The van der Waals surface area contributed by atoms with E-state index in [4.69, 9.17) is 25.4 Å². The van der Waals surface area contributed by atoms with Gasteiger partial charge in [0.05, 0.1) is 24.3 Å². The number of rotatable bonds is 9. The molecule has 0 radical (unpaired) electrons. The number of hydrogen-bond acceptors (Lipinski definition) is 4. The van der Waals surface area contributed by atoms with Crippen molar-refractivity contribution in [1.82, 2.24) is 0 Å². The molecule has 6 heteroatoms. The first kappa shape index (κ1) is 15.9. The largest absolute Gasteiger partial charge is 0.492 e. The lowest BCUT2D eigenvalue weighted by Crippen LogP contribution is -2.11. The Morgan fingerprint density at radius 2 is 2.05 bits per heavy atom. The Morgan fingerprint density at radius 3 is 2.68 bits per heavy atom. The van der Waals surface area contributed by atoms with Crippen LogP contribution in [0.5, 0.6) is 5.75 Å². The summed E-state index contributed by atoms with van der Waals surface area (Å²) < 4.78 is 16.6. The van der Waals surface area contributed by atoms with Crippen LogP contribution in [-0.2, 0) is 9.47 Å². The molecular formula is C13H19BrN2O3. The maximum absolute atomic E-state index is 7.34. The van der Waals surface area contributed by atoms with E-state index >= 15 is 0 Å². The van der Waals surface area contributed by atoms with Crippen molar-refractivity contribution < 1.29 is 14.2 Å². The van der Waals surface area contributed by atoms with Gasteiger partial charge in [-0.15, -0.1) is 0 Å². The van der Waals surface area contributed by atoms with Gasteiger partial charge in [0.25, 0.3) is 0 Å². The molecule has 1 aromatic carbocycles. The first-order valence-electron chi connectivity index (χ1n) is 5.98. The van der Waals surface area contributed by atoms with Crippen LogP contribution in [0.15, 0.2) is 22.7 Å². The summed E-state index contributed by atoms with van der Waals surface area (Å²) in [4.78, 5) is 0. The van der Waals surface area contributed by atoms with Crippen molar-refractivity contribution in [3.05, 3.63) is 28.2 Å². The third-order valence-electron chi connectivity index (χ3n) is 2.37. The predicted molar refractivity (Wildman–Crippen MR) is 78.0 cm³/mol.